The van der Waals surface area contributed by atoms with Crippen molar-refractivity contribution in [3.8, 4) is 0 Å². The lowest BCUT2D eigenvalue weighted by Gasteiger charge is -2.35. The van der Waals surface area contributed by atoms with Crippen molar-refractivity contribution in [3.63, 3.8) is 0 Å². The molecule has 4 heterocycles. The smallest absolute Gasteiger partial charge is 0.156 e. The first kappa shape index (κ1) is 16.6. The predicted octanol–water partition coefficient (Wildman–Crippen LogP) is 3.80. The first-order valence-electron chi connectivity index (χ1n) is 9.36. The van der Waals surface area contributed by atoms with Gasteiger partial charge in [-0.25, -0.2) is 0 Å². The van der Waals surface area contributed by atoms with E-state index in [0.29, 0.717) is 5.92 Å². The summed E-state index contributed by atoms with van der Waals surface area (Å²) in [6.45, 7) is 8.54. The van der Waals surface area contributed by atoms with Crippen molar-refractivity contribution in [2.24, 2.45) is 5.92 Å². The van der Waals surface area contributed by atoms with Crippen LogP contribution in [0.1, 0.15) is 36.8 Å². The molecule has 0 bridgehead atoms. The highest BCUT2D eigenvalue weighted by Crippen LogP contribution is 2.47. The zero-order valence-corrected chi connectivity index (χ0v) is 16.1. The third-order valence-corrected chi connectivity index (χ3v) is 6.19. The molecule has 27 heavy (non-hydrogen) atoms. The largest absolute Gasteiger partial charge is 0.341 e. The summed E-state index contributed by atoms with van der Waals surface area (Å²) in [6, 6.07) is 6.26. The molecule has 2 aliphatic heterocycles. The van der Waals surface area contributed by atoms with E-state index < -0.39 is 0 Å². The van der Waals surface area contributed by atoms with E-state index in [1.54, 1.807) is 0 Å². The monoisotopic (exact) mass is 378 g/mol. The van der Waals surface area contributed by atoms with Gasteiger partial charge >= 0.3 is 0 Å². The first-order valence-corrected chi connectivity index (χ1v) is 10.1. The summed E-state index contributed by atoms with van der Waals surface area (Å²) in [5.74, 6) is 1.46. The molecule has 1 atom stereocenters. The van der Waals surface area contributed by atoms with Gasteiger partial charge in [-0.15, -0.1) is 0 Å². The molecule has 1 saturated heterocycles. The lowest BCUT2D eigenvalue weighted by molar-refractivity contribution is 0.417. The molecular formula is C20H22N6S. The average Bonchev–Trinajstić information content (AvgIpc) is 3.35. The van der Waals surface area contributed by atoms with Crippen molar-refractivity contribution in [1.29, 1.82) is 0 Å². The zero-order chi connectivity index (χ0) is 18.4. The molecule has 3 N–H and O–H groups in total. The van der Waals surface area contributed by atoms with Crippen molar-refractivity contribution in [2.45, 2.75) is 25.7 Å². The quantitative estimate of drug-likeness (QED) is 0.646. The van der Waals surface area contributed by atoms with E-state index in [4.69, 9.17) is 0 Å². The van der Waals surface area contributed by atoms with Gasteiger partial charge in [-0.2, -0.15) is 13.8 Å². The summed E-state index contributed by atoms with van der Waals surface area (Å²) < 4.78 is 9.04. The van der Waals surface area contributed by atoms with Gasteiger partial charge in [0, 0.05) is 29.3 Å². The maximum absolute atomic E-state index is 4.60. The van der Waals surface area contributed by atoms with Crippen molar-refractivity contribution in [2.75, 3.05) is 18.4 Å². The van der Waals surface area contributed by atoms with Crippen molar-refractivity contribution < 1.29 is 0 Å². The van der Waals surface area contributed by atoms with Gasteiger partial charge in [-0.05, 0) is 50.1 Å². The Labute approximate surface area is 162 Å². The van der Waals surface area contributed by atoms with Gasteiger partial charge in [-0.3, -0.25) is 5.10 Å². The molecule has 3 aromatic rings. The highest BCUT2D eigenvalue weighted by Gasteiger charge is 2.35. The van der Waals surface area contributed by atoms with Gasteiger partial charge in [0.2, 0.25) is 0 Å². The van der Waals surface area contributed by atoms with Crippen LogP contribution in [-0.2, 0) is 0 Å². The van der Waals surface area contributed by atoms with Crippen LogP contribution >= 0.6 is 11.7 Å². The van der Waals surface area contributed by atoms with Gasteiger partial charge in [-0.1, -0.05) is 24.3 Å². The number of benzene rings is 1. The second kappa shape index (κ2) is 6.58. The van der Waals surface area contributed by atoms with E-state index in [0.717, 1.165) is 53.9 Å². The summed E-state index contributed by atoms with van der Waals surface area (Å²) in [5, 5.41) is 14.6. The maximum atomic E-state index is 4.60. The van der Waals surface area contributed by atoms with Crippen LogP contribution in [-0.4, -0.2) is 32.0 Å². The third-order valence-electron chi connectivity index (χ3n) is 5.65. The number of allylic oxidation sites excluding steroid dienone is 3. The zero-order valence-electron chi connectivity index (χ0n) is 15.2. The number of piperidine rings is 1. The molecule has 138 valence electrons. The number of aromatic amines is 1. The summed E-state index contributed by atoms with van der Waals surface area (Å²) in [6.07, 6.45) is 4.23. The minimum absolute atomic E-state index is 0.0648. The van der Waals surface area contributed by atoms with E-state index in [2.05, 4.69) is 55.2 Å². The lowest BCUT2D eigenvalue weighted by Crippen LogP contribution is -2.33. The number of hydrogen-bond donors (Lipinski definition) is 3. The Balaban J connectivity index is 1.74. The van der Waals surface area contributed by atoms with E-state index in [-0.39, 0.29) is 5.92 Å². The fraction of sp³-hybridized carbons (Fsp3) is 0.350. The highest BCUT2D eigenvalue weighted by atomic mass is 32.1. The molecule has 0 radical (unpaired) electrons. The number of H-pyrrole nitrogens is 1. The Morgan fingerprint density at radius 1 is 1.19 bits per heavy atom. The van der Waals surface area contributed by atoms with Crippen LogP contribution in [0.4, 0.5) is 5.82 Å². The fourth-order valence-electron chi connectivity index (χ4n) is 4.42. The van der Waals surface area contributed by atoms with Crippen molar-refractivity contribution in [3.05, 3.63) is 58.9 Å². The number of nitrogens with one attached hydrogen (secondary N) is 3. The molecule has 6 nitrogen and oxygen atoms in total. The van der Waals surface area contributed by atoms with Crippen molar-refractivity contribution in [1.82, 2.24) is 24.3 Å². The second-order valence-electron chi connectivity index (χ2n) is 7.36. The molecule has 0 saturated carbocycles. The van der Waals surface area contributed by atoms with Gasteiger partial charge in [0.1, 0.15) is 11.0 Å². The summed E-state index contributed by atoms with van der Waals surface area (Å²) in [4.78, 5) is 0. The second-order valence-corrected chi connectivity index (χ2v) is 7.89. The Morgan fingerprint density at radius 3 is 2.85 bits per heavy atom. The van der Waals surface area contributed by atoms with Gasteiger partial charge in [0.05, 0.1) is 11.7 Å². The van der Waals surface area contributed by atoms with E-state index in [1.807, 2.05) is 12.3 Å². The molecule has 2 aromatic heterocycles. The van der Waals surface area contributed by atoms with Crippen LogP contribution in [0.5, 0.6) is 0 Å². The molecule has 1 fully saturated rings. The molecule has 7 heteroatoms. The topological polar surface area (TPSA) is 78.5 Å². The number of rotatable bonds is 3. The molecular weight excluding hydrogens is 356 g/mol. The highest BCUT2D eigenvalue weighted by molar-refractivity contribution is 7.00. The molecule has 1 aromatic carbocycles. The Morgan fingerprint density at radius 2 is 2.04 bits per heavy atom. The Hall–Kier alpha value is -2.51. The van der Waals surface area contributed by atoms with Crippen molar-refractivity contribution >= 4 is 28.6 Å². The minimum Gasteiger partial charge on any atom is -0.341 e. The number of aromatic nitrogens is 4. The molecule has 1 unspecified atom stereocenters. The van der Waals surface area contributed by atoms with Crippen LogP contribution in [0, 0.1) is 5.92 Å². The number of nitrogens with zero attached hydrogens (tertiary/aromatic N) is 3. The minimum atomic E-state index is 0.0648. The van der Waals surface area contributed by atoms with Gasteiger partial charge in [0.15, 0.2) is 5.82 Å². The number of anilines is 1. The van der Waals surface area contributed by atoms with Crippen LogP contribution in [0.3, 0.4) is 0 Å². The van der Waals surface area contributed by atoms with E-state index in [1.165, 1.54) is 28.6 Å². The first-order chi connectivity index (χ1) is 13.2. The normalized spacial score (nSPS) is 20.6. The van der Waals surface area contributed by atoms with E-state index in [9.17, 15) is 0 Å². The molecule has 2 aliphatic rings. The summed E-state index contributed by atoms with van der Waals surface area (Å²) >= 11 is 1.27. The maximum Gasteiger partial charge on any atom is 0.156 e. The Kier molecular flexibility index (Phi) is 4.06. The van der Waals surface area contributed by atoms with Gasteiger partial charge in [0.25, 0.3) is 0 Å². The van der Waals surface area contributed by atoms with Crippen LogP contribution < -0.4 is 10.6 Å². The standard InChI is InChI=1S/C20H22N6S/c1-11(2)16-17(13-4-3-5-15-19(13)26-27-25-15)14-10-22-24-20(14)23-18(16)12-6-8-21-9-7-12/h3-5,10,12,17,21H,1,6-9H2,2H3,(H2,22,23,24). The molecule has 0 amide bonds. The van der Waals surface area contributed by atoms with Crippen LogP contribution in [0.15, 0.2) is 47.8 Å². The van der Waals surface area contributed by atoms with E-state index >= 15 is 0 Å². The molecule has 5 rings (SSSR count). The molecule has 0 aliphatic carbocycles. The summed E-state index contributed by atoms with van der Waals surface area (Å²) in [5.41, 5.74) is 7.88. The average molecular weight is 379 g/mol. The van der Waals surface area contributed by atoms with Crippen LogP contribution in [0.2, 0.25) is 0 Å². The molecule has 0 spiro atoms. The lowest BCUT2D eigenvalue weighted by atomic mass is 9.76. The van der Waals surface area contributed by atoms with Gasteiger partial charge < -0.3 is 10.6 Å². The predicted molar refractivity (Wildman–Crippen MR) is 109 cm³/mol. The SMILES string of the molecule is C=C(C)C1=C(C2CCNCC2)Nc2n[nH]cc2C1c1cccc2nsnc12. The Bertz CT molecular complexity index is 1040. The summed E-state index contributed by atoms with van der Waals surface area (Å²) in [7, 11) is 0. The van der Waals surface area contributed by atoms with Crippen LogP contribution in [0.25, 0.3) is 11.0 Å². The number of hydrogen-bond acceptors (Lipinski definition) is 6. The number of fused-ring (bicyclic) bond motifs is 2. The fourth-order valence-corrected chi connectivity index (χ4v) is 4.97. The third kappa shape index (κ3) is 2.69.